The third kappa shape index (κ3) is 2.12. The van der Waals surface area contributed by atoms with Crippen molar-refractivity contribution >= 4 is 11.5 Å². The Labute approximate surface area is 111 Å². The Balaban J connectivity index is 1.97. The van der Waals surface area contributed by atoms with Gasteiger partial charge in [0.15, 0.2) is 5.84 Å². The molecule has 2 fully saturated rings. The molecule has 0 aromatic carbocycles. The summed E-state index contributed by atoms with van der Waals surface area (Å²) in [6.45, 7) is 1.53. The molecule has 2 atom stereocenters. The third-order valence-electron chi connectivity index (χ3n) is 3.93. The van der Waals surface area contributed by atoms with Gasteiger partial charge in [-0.15, -0.1) is 0 Å². The predicted molar refractivity (Wildman–Crippen MR) is 71.5 cm³/mol. The van der Waals surface area contributed by atoms with Crippen LogP contribution in [0.4, 0.5) is 5.69 Å². The van der Waals surface area contributed by atoms with Crippen molar-refractivity contribution in [2.45, 2.75) is 31.4 Å². The molecule has 3 rings (SSSR count). The molecule has 1 aromatic rings. The molecule has 6 heteroatoms. The molecule has 1 aromatic heterocycles. The van der Waals surface area contributed by atoms with E-state index in [2.05, 4.69) is 15.0 Å². The number of nitrogens with zero attached hydrogens (tertiary/aromatic N) is 3. The van der Waals surface area contributed by atoms with Crippen molar-refractivity contribution < 1.29 is 9.94 Å². The van der Waals surface area contributed by atoms with E-state index in [1.165, 1.54) is 6.42 Å². The van der Waals surface area contributed by atoms with Gasteiger partial charge in [-0.2, -0.15) is 0 Å². The molecule has 1 saturated heterocycles. The van der Waals surface area contributed by atoms with Gasteiger partial charge in [0.2, 0.25) is 0 Å². The summed E-state index contributed by atoms with van der Waals surface area (Å²) >= 11 is 0. The summed E-state index contributed by atoms with van der Waals surface area (Å²) in [6, 6.07) is 4.23. The Kier molecular flexibility index (Phi) is 3.25. The highest BCUT2D eigenvalue weighted by molar-refractivity contribution is 6.00. The number of anilines is 1. The lowest BCUT2D eigenvalue weighted by Crippen LogP contribution is -2.49. The standard InChI is InChI=1S/C13H18N4O2/c14-13(16-18)12-10(4-2-6-15-12)17-7-8-19-11-5-1-3-9(11)17/h2,4,6,9,11,18H,1,3,5,7-8H2,(H2,14,16). The van der Waals surface area contributed by atoms with E-state index < -0.39 is 0 Å². The van der Waals surface area contributed by atoms with Crippen molar-refractivity contribution in [3.8, 4) is 0 Å². The number of hydrogen-bond acceptors (Lipinski definition) is 5. The zero-order valence-electron chi connectivity index (χ0n) is 10.7. The lowest BCUT2D eigenvalue weighted by atomic mass is 10.1. The van der Waals surface area contributed by atoms with Gasteiger partial charge in [0, 0.05) is 12.7 Å². The first-order chi connectivity index (χ1) is 9.31. The molecule has 0 amide bonds. The summed E-state index contributed by atoms with van der Waals surface area (Å²) in [5.74, 6) is 0.0524. The topological polar surface area (TPSA) is 84.0 Å². The molecular formula is C13H18N4O2. The van der Waals surface area contributed by atoms with Gasteiger partial charge < -0.3 is 20.6 Å². The molecule has 1 aliphatic heterocycles. The molecular weight excluding hydrogens is 244 g/mol. The molecule has 0 radical (unpaired) electrons. The fourth-order valence-electron chi connectivity index (χ4n) is 3.10. The number of ether oxygens (including phenoxy) is 1. The number of hydrogen-bond donors (Lipinski definition) is 2. The van der Waals surface area contributed by atoms with Crippen molar-refractivity contribution in [1.82, 2.24) is 4.98 Å². The molecule has 19 heavy (non-hydrogen) atoms. The summed E-state index contributed by atoms with van der Waals surface area (Å²) < 4.78 is 5.81. The predicted octanol–water partition coefficient (Wildman–Crippen LogP) is 0.934. The molecule has 6 nitrogen and oxygen atoms in total. The summed E-state index contributed by atoms with van der Waals surface area (Å²) in [7, 11) is 0. The van der Waals surface area contributed by atoms with Crippen LogP contribution in [-0.2, 0) is 4.74 Å². The fraction of sp³-hybridized carbons (Fsp3) is 0.538. The molecule has 2 unspecified atom stereocenters. The third-order valence-corrected chi connectivity index (χ3v) is 3.93. The van der Waals surface area contributed by atoms with Gasteiger partial charge in [0.25, 0.3) is 0 Å². The zero-order valence-corrected chi connectivity index (χ0v) is 10.7. The van der Waals surface area contributed by atoms with Crippen LogP contribution in [0.1, 0.15) is 25.0 Å². The second-order valence-corrected chi connectivity index (χ2v) is 4.96. The maximum Gasteiger partial charge on any atom is 0.190 e. The van der Waals surface area contributed by atoms with Gasteiger partial charge in [0.1, 0.15) is 5.69 Å². The number of rotatable bonds is 2. The monoisotopic (exact) mass is 262 g/mol. The van der Waals surface area contributed by atoms with E-state index in [1.54, 1.807) is 6.20 Å². The molecule has 1 saturated carbocycles. The van der Waals surface area contributed by atoms with E-state index in [4.69, 9.17) is 15.7 Å². The van der Waals surface area contributed by atoms with Gasteiger partial charge in [-0.3, -0.25) is 4.98 Å². The Morgan fingerprint density at radius 1 is 1.53 bits per heavy atom. The first kappa shape index (κ1) is 12.2. The number of oxime groups is 1. The van der Waals surface area contributed by atoms with Crippen LogP contribution in [0.25, 0.3) is 0 Å². The lowest BCUT2D eigenvalue weighted by Gasteiger charge is -2.39. The Hall–Kier alpha value is -1.82. The Morgan fingerprint density at radius 3 is 3.26 bits per heavy atom. The van der Waals surface area contributed by atoms with Crippen molar-refractivity contribution in [3.63, 3.8) is 0 Å². The number of morpholine rings is 1. The van der Waals surface area contributed by atoms with E-state index in [0.29, 0.717) is 24.4 Å². The molecule has 2 heterocycles. The largest absolute Gasteiger partial charge is 0.409 e. The summed E-state index contributed by atoms with van der Waals surface area (Å²) in [5, 5.41) is 12.0. The van der Waals surface area contributed by atoms with E-state index in [-0.39, 0.29) is 5.84 Å². The van der Waals surface area contributed by atoms with Crippen LogP contribution < -0.4 is 10.6 Å². The van der Waals surface area contributed by atoms with Crippen molar-refractivity contribution in [2.75, 3.05) is 18.1 Å². The number of fused-ring (bicyclic) bond motifs is 1. The van der Waals surface area contributed by atoms with Crippen LogP contribution in [-0.4, -0.2) is 41.3 Å². The van der Waals surface area contributed by atoms with Crippen LogP contribution in [0.5, 0.6) is 0 Å². The number of aromatic nitrogens is 1. The number of pyridine rings is 1. The summed E-state index contributed by atoms with van der Waals surface area (Å²) in [5.41, 5.74) is 7.19. The van der Waals surface area contributed by atoms with Gasteiger partial charge in [-0.05, 0) is 31.4 Å². The van der Waals surface area contributed by atoms with Crippen LogP contribution in [0.3, 0.4) is 0 Å². The minimum atomic E-state index is 0.0524. The van der Waals surface area contributed by atoms with E-state index in [9.17, 15) is 0 Å². The van der Waals surface area contributed by atoms with Gasteiger partial charge in [-0.1, -0.05) is 5.16 Å². The molecule has 0 bridgehead atoms. The Morgan fingerprint density at radius 2 is 2.42 bits per heavy atom. The highest BCUT2D eigenvalue weighted by Crippen LogP contribution is 2.34. The lowest BCUT2D eigenvalue weighted by molar-refractivity contribution is 0.0256. The second-order valence-electron chi connectivity index (χ2n) is 4.96. The minimum absolute atomic E-state index is 0.0524. The van der Waals surface area contributed by atoms with E-state index in [1.807, 2.05) is 12.1 Å². The van der Waals surface area contributed by atoms with Crippen LogP contribution in [0.2, 0.25) is 0 Å². The molecule has 0 spiro atoms. The first-order valence-electron chi connectivity index (χ1n) is 6.62. The zero-order chi connectivity index (χ0) is 13.2. The van der Waals surface area contributed by atoms with Gasteiger partial charge >= 0.3 is 0 Å². The maximum absolute atomic E-state index is 8.88. The van der Waals surface area contributed by atoms with Crippen LogP contribution in [0.15, 0.2) is 23.5 Å². The summed E-state index contributed by atoms with van der Waals surface area (Å²) in [6.07, 6.45) is 5.37. The van der Waals surface area contributed by atoms with Crippen molar-refractivity contribution in [2.24, 2.45) is 10.9 Å². The first-order valence-corrected chi connectivity index (χ1v) is 6.62. The minimum Gasteiger partial charge on any atom is -0.409 e. The van der Waals surface area contributed by atoms with Crippen molar-refractivity contribution in [3.05, 3.63) is 24.0 Å². The highest BCUT2D eigenvalue weighted by atomic mass is 16.5. The summed E-state index contributed by atoms with van der Waals surface area (Å²) in [4.78, 5) is 6.53. The Bertz CT molecular complexity index is 491. The van der Waals surface area contributed by atoms with Crippen LogP contribution >= 0.6 is 0 Å². The smallest absolute Gasteiger partial charge is 0.190 e. The average molecular weight is 262 g/mol. The van der Waals surface area contributed by atoms with Gasteiger partial charge in [0.05, 0.1) is 24.4 Å². The average Bonchev–Trinajstić information content (AvgIpc) is 2.94. The molecule has 3 N–H and O–H groups in total. The molecule has 1 aliphatic carbocycles. The quantitative estimate of drug-likeness (QED) is 0.358. The maximum atomic E-state index is 8.88. The molecule has 102 valence electrons. The van der Waals surface area contributed by atoms with Crippen LogP contribution in [0, 0.1) is 0 Å². The second kappa shape index (κ2) is 5.05. The number of amidine groups is 1. The fourth-order valence-corrected chi connectivity index (χ4v) is 3.10. The normalized spacial score (nSPS) is 27.4. The highest BCUT2D eigenvalue weighted by Gasteiger charge is 2.37. The van der Waals surface area contributed by atoms with Gasteiger partial charge in [-0.25, -0.2) is 0 Å². The van der Waals surface area contributed by atoms with E-state index >= 15 is 0 Å². The number of nitrogens with two attached hydrogens (primary N) is 1. The molecule has 2 aliphatic rings. The van der Waals surface area contributed by atoms with Crippen molar-refractivity contribution in [1.29, 1.82) is 0 Å². The van der Waals surface area contributed by atoms with E-state index in [0.717, 1.165) is 25.1 Å². The SMILES string of the molecule is N/C(=N/O)c1ncccc1N1CCOC2CCCC21.